The molecule has 1 fully saturated rings. The van der Waals surface area contributed by atoms with Gasteiger partial charge in [0.25, 0.3) is 5.56 Å². The Morgan fingerprint density at radius 3 is 2.50 bits per heavy atom. The summed E-state index contributed by atoms with van der Waals surface area (Å²) in [6, 6.07) is 2.50. The number of pyridine rings is 1. The summed E-state index contributed by atoms with van der Waals surface area (Å²) in [6.45, 7) is 6.95. The van der Waals surface area contributed by atoms with Gasteiger partial charge in [-0.1, -0.05) is 0 Å². The maximum atomic E-state index is 11.8. The van der Waals surface area contributed by atoms with E-state index in [1.165, 1.54) is 16.8 Å². The number of aromatic carboxylic acids is 1. The third-order valence-corrected chi connectivity index (χ3v) is 3.31. The number of hydrogen-bond donors (Lipinski definition) is 1. The van der Waals surface area contributed by atoms with Crippen molar-refractivity contribution >= 4 is 12.1 Å². The fourth-order valence-corrected chi connectivity index (χ4v) is 2.23. The van der Waals surface area contributed by atoms with Crippen LogP contribution in [0.1, 0.15) is 31.1 Å². The largest absolute Gasteiger partial charge is 0.478 e. The Hall–Kier alpha value is -2.31. The van der Waals surface area contributed by atoms with Crippen molar-refractivity contribution in [3.8, 4) is 0 Å². The zero-order valence-electron chi connectivity index (χ0n) is 12.9. The molecular weight excluding hydrogens is 288 g/mol. The van der Waals surface area contributed by atoms with Gasteiger partial charge in [0.2, 0.25) is 0 Å². The molecule has 0 aliphatic carbocycles. The van der Waals surface area contributed by atoms with Crippen LogP contribution in [0.25, 0.3) is 0 Å². The molecule has 0 bridgehead atoms. The highest BCUT2D eigenvalue weighted by atomic mass is 16.6. The lowest BCUT2D eigenvalue weighted by Crippen LogP contribution is -2.53. The van der Waals surface area contributed by atoms with E-state index in [0.717, 1.165) is 6.07 Å². The van der Waals surface area contributed by atoms with E-state index in [1.54, 1.807) is 4.90 Å². The van der Waals surface area contributed by atoms with Crippen LogP contribution in [-0.2, 0) is 11.3 Å². The van der Waals surface area contributed by atoms with Crippen molar-refractivity contribution in [1.82, 2.24) is 9.47 Å². The number of likely N-dealkylation sites (tertiary alicyclic amines) is 1. The molecule has 1 aromatic rings. The van der Waals surface area contributed by atoms with Gasteiger partial charge in [-0.3, -0.25) is 4.79 Å². The molecular formula is C15H20N2O5. The van der Waals surface area contributed by atoms with E-state index in [4.69, 9.17) is 9.84 Å². The van der Waals surface area contributed by atoms with Crippen LogP contribution >= 0.6 is 0 Å². The van der Waals surface area contributed by atoms with Crippen LogP contribution in [0.2, 0.25) is 0 Å². The zero-order chi connectivity index (χ0) is 16.5. The van der Waals surface area contributed by atoms with E-state index in [2.05, 4.69) is 0 Å². The lowest BCUT2D eigenvalue weighted by Gasteiger charge is -2.39. The number of carbonyl (C=O) groups is 2. The van der Waals surface area contributed by atoms with E-state index in [9.17, 15) is 14.4 Å². The average molecular weight is 308 g/mol. The van der Waals surface area contributed by atoms with E-state index in [0.29, 0.717) is 19.6 Å². The van der Waals surface area contributed by atoms with Gasteiger partial charge in [0.1, 0.15) is 5.60 Å². The topological polar surface area (TPSA) is 88.8 Å². The fraction of sp³-hybridized carbons (Fsp3) is 0.533. The molecule has 22 heavy (non-hydrogen) atoms. The minimum atomic E-state index is -1.12. The molecule has 1 aromatic heterocycles. The quantitative estimate of drug-likeness (QED) is 0.912. The fourth-order valence-electron chi connectivity index (χ4n) is 2.23. The number of ether oxygens (including phenoxy) is 1. The summed E-state index contributed by atoms with van der Waals surface area (Å²) in [5, 5.41) is 8.82. The predicted octanol–water partition coefficient (Wildman–Crippen LogP) is 1.41. The molecule has 1 N–H and O–H groups in total. The normalized spacial score (nSPS) is 15.3. The smallest absolute Gasteiger partial charge is 0.410 e. The van der Waals surface area contributed by atoms with Crippen molar-refractivity contribution in [2.45, 2.75) is 32.9 Å². The van der Waals surface area contributed by atoms with Gasteiger partial charge in [-0.05, 0) is 26.8 Å². The first kappa shape index (κ1) is 16.1. The summed E-state index contributed by atoms with van der Waals surface area (Å²) in [7, 11) is 0. The molecule has 0 saturated carbocycles. The molecule has 0 atom stereocenters. The predicted molar refractivity (Wildman–Crippen MR) is 79.0 cm³/mol. The highest BCUT2D eigenvalue weighted by Crippen LogP contribution is 2.20. The van der Waals surface area contributed by atoms with Crippen LogP contribution in [0, 0.1) is 5.92 Å². The van der Waals surface area contributed by atoms with E-state index in [1.807, 2.05) is 20.8 Å². The Kier molecular flexibility index (Phi) is 4.25. The summed E-state index contributed by atoms with van der Waals surface area (Å²) in [6.07, 6.45) is 1.12. The highest BCUT2D eigenvalue weighted by molar-refractivity contribution is 5.87. The summed E-state index contributed by atoms with van der Waals surface area (Å²) < 4.78 is 6.72. The van der Waals surface area contributed by atoms with Crippen molar-refractivity contribution in [3.05, 3.63) is 34.2 Å². The Balaban J connectivity index is 1.89. The SMILES string of the molecule is CC(C)(C)OC(=O)N1CC(Cn2ccc(C(=O)O)cc2=O)C1. The minimum Gasteiger partial charge on any atom is -0.478 e. The molecule has 120 valence electrons. The number of carboxylic acids is 1. The number of nitrogens with zero attached hydrogens (tertiary/aromatic N) is 2. The van der Waals surface area contributed by atoms with E-state index in [-0.39, 0.29) is 23.1 Å². The average Bonchev–Trinajstić information content (AvgIpc) is 2.31. The highest BCUT2D eigenvalue weighted by Gasteiger charge is 2.33. The number of carbonyl (C=O) groups excluding carboxylic acids is 1. The summed E-state index contributed by atoms with van der Waals surface area (Å²) in [5.74, 6) is -0.954. The van der Waals surface area contributed by atoms with Crippen LogP contribution in [0.4, 0.5) is 4.79 Å². The molecule has 0 spiro atoms. The van der Waals surface area contributed by atoms with Gasteiger partial charge in [-0.25, -0.2) is 9.59 Å². The lowest BCUT2D eigenvalue weighted by atomic mass is 10.0. The zero-order valence-corrected chi connectivity index (χ0v) is 12.9. The Labute approximate surface area is 128 Å². The van der Waals surface area contributed by atoms with Crippen LogP contribution in [0.15, 0.2) is 23.1 Å². The minimum absolute atomic E-state index is 0.0229. The molecule has 0 aromatic carbocycles. The first-order valence-corrected chi connectivity index (χ1v) is 7.07. The molecule has 2 heterocycles. The molecule has 1 aliphatic heterocycles. The number of aromatic nitrogens is 1. The van der Waals surface area contributed by atoms with Gasteiger partial charge in [-0.2, -0.15) is 0 Å². The van der Waals surface area contributed by atoms with Gasteiger partial charge in [-0.15, -0.1) is 0 Å². The Bertz CT molecular complexity index is 638. The summed E-state index contributed by atoms with van der Waals surface area (Å²) in [5.41, 5.74) is -0.896. The second-order valence-electron chi connectivity index (χ2n) is 6.46. The van der Waals surface area contributed by atoms with E-state index >= 15 is 0 Å². The van der Waals surface area contributed by atoms with Gasteiger partial charge in [0.05, 0.1) is 5.56 Å². The van der Waals surface area contributed by atoms with Crippen LogP contribution in [0.5, 0.6) is 0 Å². The molecule has 0 unspecified atom stereocenters. The molecule has 1 saturated heterocycles. The van der Waals surface area contributed by atoms with Crippen molar-refractivity contribution < 1.29 is 19.4 Å². The monoisotopic (exact) mass is 308 g/mol. The maximum absolute atomic E-state index is 11.8. The Morgan fingerprint density at radius 1 is 1.36 bits per heavy atom. The van der Waals surface area contributed by atoms with Crippen molar-refractivity contribution in [2.24, 2.45) is 5.92 Å². The van der Waals surface area contributed by atoms with Crippen LogP contribution in [0.3, 0.4) is 0 Å². The molecule has 1 aliphatic rings. The van der Waals surface area contributed by atoms with Gasteiger partial charge >= 0.3 is 12.1 Å². The van der Waals surface area contributed by atoms with E-state index < -0.39 is 11.6 Å². The number of amides is 1. The number of hydrogen-bond acceptors (Lipinski definition) is 4. The first-order chi connectivity index (χ1) is 10.2. The molecule has 1 amide bonds. The van der Waals surface area contributed by atoms with Gasteiger partial charge in [0, 0.05) is 37.8 Å². The van der Waals surface area contributed by atoms with Crippen LogP contribution in [-0.4, -0.2) is 45.3 Å². The molecule has 2 rings (SSSR count). The third-order valence-electron chi connectivity index (χ3n) is 3.31. The lowest BCUT2D eigenvalue weighted by molar-refractivity contribution is -0.00349. The third kappa shape index (κ3) is 3.87. The maximum Gasteiger partial charge on any atom is 0.410 e. The van der Waals surface area contributed by atoms with Crippen LogP contribution < -0.4 is 5.56 Å². The molecule has 7 nitrogen and oxygen atoms in total. The van der Waals surface area contributed by atoms with Gasteiger partial charge in [0.15, 0.2) is 0 Å². The second-order valence-corrected chi connectivity index (χ2v) is 6.46. The van der Waals surface area contributed by atoms with Crippen molar-refractivity contribution in [1.29, 1.82) is 0 Å². The Morgan fingerprint density at radius 2 is 2.00 bits per heavy atom. The summed E-state index contributed by atoms with van der Waals surface area (Å²) >= 11 is 0. The van der Waals surface area contributed by atoms with Gasteiger partial charge < -0.3 is 19.3 Å². The van der Waals surface area contributed by atoms with Crippen molar-refractivity contribution in [2.75, 3.05) is 13.1 Å². The summed E-state index contributed by atoms with van der Waals surface area (Å²) in [4.78, 5) is 36.0. The van der Waals surface area contributed by atoms with Crippen molar-refractivity contribution in [3.63, 3.8) is 0 Å². The first-order valence-electron chi connectivity index (χ1n) is 7.07. The molecule has 0 radical (unpaired) electrons. The number of carboxylic acid groups (broad SMARTS) is 1. The standard InChI is InChI=1S/C15H20N2O5/c1-15(2,3)22-14(21)17-8-10(9-17)7-16-5-4-11(13(19)20)6-12(16)18/h4-6,10H,7-9H2,1-3H3,(H,19,20). The molecule has 7 heteroatoms. The second kappa shape index (κ2) is 5.82. The number of rotatable bonds is 3.